The SMILES string of the molecule is O=C(c1ccccc1)c1c(Cl)ccc2c1C(=C1c3ccccc3-c3ccccc31)c1ccccc1-2. The number of halogens is 1. The molecule has 5 aromatic carbocycles. The summed E-state index contributed by atoms with van der Waals surface area (Å²) >= 11 is 6.82. The van der Waals surface area contributed by atoms with Crippen molar-refractivity contribution in [2.45, 2.75) is 0 Å². The summed E-state index contributed by atoms with van der Waals surface area (Å²) in [5, 5.41) is 0.475. The van der Waals surface area contributed by atoms with Crippen molar-refractivity contribution in [1.82, 2.24) is 0 Å². The molecular formula is C33H19ClO. The summed E-state index contributed by atoms with van der Waals surface area (Å²) in [7, 11) is 0. The van der Waals surface area contributed by atoms with E-state index in [1.54, 1.807) is 0 Å². The summed E-state index contributed by atoms with van der Waals surface area (Å²) in [5.41, 5.74) is 12.5. The average molecular weight is 467 g/mol. The van der Waals surface area contributed by atoms with E-state index in [9.17, 15) is 4.79 Å². The van der Waals surface area contributed by atoms with Gasteiger partial charge in [-0.1, -0.05) is 121 Å². The largest absolute Gasteiger partial charge is 0.289 e. The first-order chi connectivity index (χ1) is 17.2. The second-order valence-corrected chi connectivity index (χ2v) is 9.33. The second kappa shape index (κ2) is 7.66. The molecule has 0 saturated carbocycles. The zero-order valence-corrected chi connectivity index (χ0v) is 19.5. The van der Waals surface area contributed by atoms with Crippen molar-refractivity contribution in [3.63, 3.8) is 0 Å². The lowest BCUT2D eigenvalue weighted by Gasteiger charge is -2.15. The van der Waals surface area contributed by atoms with E-state index < -0.39 is 0 Å². The molecule has 5 aromatic rings. The number of benzene rings is 5. The Morgan fingerprint density at radius 1 is 0.457 bits per heavy atom. The molecule has 0 fully saturated rings. The Labute approximate surface area is 209 Å². The van der Waals surface area contributed by atoms with E-state index in [1.165, 1.54) is 22.3 Å². The highest BCUT2D eigenvalue weighted by atomic mass is 35.5. The van der Waals surface area contributed by atoms with E-state index in [0.717, 1.165) is 33.4 Å². The van der Waals surface area contributed by atoms with Crippen molar-refractivity contribution in [3.05, 3.63) is 154 Å². The molecule has 2 aliphatic carbocycles. The Bertz CT molecular complexity index is 1660. The Morgan fingerprint density at radius 3 is 1.49 bits per heavy atom. The van der Waals surface area contributed by atoms with E-state index in [2.05, 4.69) is 78.9 Å². The normalized spacial score (nSPS) is 12.7. The lowest BCUT2D eigenvalue weighted by Crippen LogP contribution is -2.07. The van der Waals surface area contributed by atoms with Crippen LogP contribution in [0.2, 0.25) is 5.02 Å². The fraction of sp³-hybridized carbons (Fsp3) is 0. The average Bonchev–Trinajstić information content (AvgIpc) is 3.41. The highest BCUT2D eigenvalue weighted by Crippen LogP contribution is 2.55. The molecule has 0 heterocycles. The number of carbonyl (C=O) groups excluding carboxylic acids is 1. The van der Waals surface area contributed by atoms with Crippen LogP contribution in [0, 0.1) is 0 Å². The van der Waals surface area contributed by atoms with Gasteiger partial charge in [-0.2, -0.15) is 0 Å². The van der Waals surface area contributed by atoms with Gasteiger partial charge in [0.1, 0.15) is 0 Å². The van der Waals surface area contributed by atoms with Crippen LogP contribution in [0.3, 0.4) is 0 Å². The molecule has 35 heavy (non-hydrogen) atoms. The van der Waals surface area contributed by atoms with Crippen molar-refractivity contribution >= 4 is 28.5 Å². The van der Waals surface area contributed by atoms with Crippen LogP contribution in [0.5, 0.6) is 0 Å². The minimum Gasteiger partial charge on any atom is -0.289 e. The van der Waals surface area contributed by atoms with E-state index in [1.807, 2.05) is 36.4 Å². The van der Waals surface area contributed by atoms with Crippen LogP contribution in [0.15, 0.2) is 115 Å². The Hall–Kier alpha value is -4.20. The molecule has 0 aromatic heterocycles. The molecule has 0 spiro atoms. The minimum atomic E-state index is -0.0575. The molecule has 7 rings (SSSR count). The Morgan fingerprint density at radius 2 is 0.914 bits per heavy atom. The van der Waals surface area contributed by atoms with Crippen molar-refractivity contribution < 1.29 is 4.79 Å². The van der Waals surface area contributed by atoms with Crippen LogP contribution in [-0.4, -0.2) is 5.78 Å². The van der Waals surface area contributed by atoms with Gasteiger partial charge in [-0.15, -0.1) is 0 Å². The smallest absolute Gasteiger partial charge is 0.195 e. The molecule has 1 nitrogen and oxygen atoms in total. The van der Waals surface area contributed by atoms with Gasteiger partial charge in [-0.05, 0) is 56.2 Å². The van der Waals surface area contributed by atoms with E-state index in [0.29, 0.717) is 16.1 Å². The van der Waals surface area contributed by atoms with Crippen LogP contribution >= 0.6 is 11.6 Å². The zero-order chi connectivity index (χ0) is 23.5. The standard InChI is InChI=1S/C33H19ClO/c34-28-19-18-27-23-14-6-9-17-26(23)30(31(27)32(28)33(35)20-10-2-1-3-11-20)29-24-15-7-4-12-21(24)22-13-5-8-16-25(22)29/h1-19H. The minimum absolute atomic E-state index is 0.0575. The van der Waals surface area contributed by atoms with Crippen LogP contribution in [0.1, 0.15) is 38.2 Å². The number of hydrogen-bond acceptors (Lipinski definition) is 1. The number of rotatable bonds is 2. The van der Waals surface area contributed by atoms with Gasteiger partial charge in [-0.25, -0.2) is 0 Å². The van der Waals surface area contributed by atoms with Gasteiger partial charge in [0.25, 0.3) is 0 Å². The summed E-state index contributed by atoms with van der Waals surface area (Å²) < 4.78 is 0. The highest BCUT2D eigenvalue weighted by molar-refractivity contribution is 6.37. The molecule has 2 aliphatic rings. The molecule has 2 heteroatoms. The zero-order valence-electron chi connectivity index (χ0n) is 18.8. The first-order valence-corrected chi connectivity index (χ1v) is 12.1. The molecule has 0 N–H and O–H groups in total. The van der Waals surface area contributed by atoms with Gasteiger partial charge in [0, 0.05) is 16.7 Å². The van der Waals surface area contributed by atoms with Gasteiger partial charge >= 0.3 is 0 Å². The third kappa shape index (κ3) is 2.86. The molecule has 0 atom stereocenters. The molecule has 0 saturated heterocycles. The summed E-state index contributed by atoms with van der Waals surface area (Å²) in [5.74, 6) is -0.0575. The van der Waals surface area contributed by atoms with Crippen LogP contribution in [-0.2, 0) is 0 Å². The molecule has 0 bridgehead atoms. The molecule has 164 valence electrons. The molecule has 0 amide bonds. The predicted molar refractivity (Wildman–Crippen MR) is 144 cm³/mol. The molecule has 0 unspecified atom stereocenters. The van der Waals surface area contributed by atoms with Gasteiger partial charge in [0.2, 0.25) is 0 Å². The summed E-state index contributed by atoms with van der Waals surface area (Å²) in [6.45, 7) is 0. The topological polar surface area (TPSA) is 17.1 Å². The third-order valence-electron chi connectivity index (χ3n) is 7.09. The maximum absolute atomic E-state index is 13.9. The lowest BCUT2D eigenvalue weighted by molar-refractivity contribution is 0.103. The Kier molecular flexibility index (Phi) is 4.42. The highest BCUT2D eigenvalue weighted by Gasteiger charge is 2.35. The first kappa shape index (κ1) is 20.2. The van der Waals surface area contributed by atoms with Gasteiger partial charge < -0.3 is 0 Å². The van der Waals surface area contributed by atoms with Crippen LogP contribution in [0.4, 0.5) is 0 Å². The van der Waals surface area contributed by atoms with E-state index in [4.69, 9.17) is 11.6 Å². The van der Waals surface area contributed by atoms with Crippen molar-refractivity contribution in [2.75, 3.05) is 0 Å². The maximum Gasteiger partial charge on any atom is 0.195 e. The molecular weight excluding hydrogens is 448 g/mol. The molecule has 0 aliphatic heterocycles. The summed E-state index contributed by atoms with van der Waals surface area (Å²) in [6.07, 6.45) is 0. The van der Waals surface area contributed by atoms with Crippen LogP contribution in [0.25, 0.3) is 33.4 Å². The number of carbonyl (C=O) groups is 1. The third-order valence-corrected chi connectivity index (χ3v) is 7.40. The molecule has 0 radical (unpaired) electrons. The maximum atomic E-state index is 13.9. The van der Waals surface area contributed by atoms with Gasteiger partial charge in [0.05, 0.1) is 5.02 Å². The predicted octanol–water partition coefficient (Wildman–Crippen LogP) is 8.54. The van der Waals surface area contributed by atoms with E-state index in [-0.39, 0.29) is 5.78 Å². The number of fused-ring (bicyclic) bond motifs is 6. The van der Waals surface area contributed by atoms with Gasteiger partial charge in [-0.3, -0.25) is 4.79 Å². The quantitative estimate of drug-likeness (QED) is 0.233. The second-order valence-electron chi connectivity index (χ2n) is 8.93. The number of hydrogen-bond donors (Lipinski definition) is 0. The fourth-order valence-corrected chi connectivity index (χ4v) is 5.88. The fourth-order valence-electron chi connectivity index (χ4n) is 5.63. The van der Waals surface area contributed by atoms with Crippen molar-refractivity contribution in [3.8, 4) is 22.3 Å². The number of ketones is 1. The Balaban J connectivity index is 1.64. The lowest BCUT2D eigenvalue weighted by atomic mass is 9.87. The summed E-state index contributed by atoms with van der Waals surface area (Å²) in [6, 6.07) is 38.8. The van der Waals surface area contributed by atoms with Gasteiger partial charge in [0.15, 0.2) is 5.78 Å². The van der Waals surface area contributed by atoms with E-state index >= 15 is 0 Å². The first-order valence-electron chi connectivity index (χ1n) is 11.7. The van der Waals surface area contributed by atoms with Crippen LogP contribution < -0.4 is 0 Å². The monoisotopic (exact) mass is 466 g/mol. The van der Waals surface area contributed by atoms with Crippen molar-refractivity contribution in [2.24, 2.45) is 0 Å². The van der Waals surface area contributed by atoms with Crippen molar-refractivity contribution in [1.29, 1.82) is 0 Å². The summed E-state index contributed by atoms with van der Waals surface area (Å²) in [4.78, 5) is 13.9.